The van der Waals surface area contributed by atoms with E-state index in [-0.39, 0.29) is 6.03 Å². The van der Waals surface area contributed by atoms with Crippen molar-refractivity contribution >= 4 is 17.6 Å². The maximum atomic E-state index is 13.2. The van der Waals surface area contributed by atoms with Crippen molar-refractivity contribution in [3.05, 3.63) is 70.7 Å². The summed E-state index contributed by atoms with van der Waals surface area (Å²) in [4.78, 5) is 17.7. The van der Waals surface area contributed by atoms with Crippen LogP contribution in [0.1, 0.15) is 62.5 Å². The number of likely N-dealkylation sites (tertiary alicyclic amines) is 1. The molecule has 1 heterocycles. The van der Waals surface area contributed by atoms with Crippen LogP contribution in [-0.2, 0) is 13.0 Å². The molecule has 1 saturated carbocycles. The Morgan fingerprint density at radius 1 is 0.941 bits per heavy atom. The lowest BCUT2D eigenvalue weighted by Crippen LogP contribution is -2.46. The third-order valence-corrected chi connectivity index (χ3v) is 7.69. The molecule has 2 fully saturated rings. The van der Waals surface area contributed by atoms with Crippen molar-refractivity contribution in [3.63, 3.8) is 0 Å². The summed E-state index contributed by atoms with van der Waals surface area (Å²) in [6.07, 6.45) is 10.7. The SMILES string of the molecule is O=C(NC1CCCCC1)N(CCCN1CCC(Cc2ccccc2)CC1)Cc1cccc(Cl)c1. The number of carbonyl (C=O) groups is 1. The van der Waals surface area contributed by atoms with Gasteiger partial charge in [0.05, 0.1) is 0 Å². The Morgan fingerprint density at radius 3 is 2.41 bits per heavy atom. The lowest BCUT2D eigenvalue weighted by atomic mass is 9.90. The Kier molecular flexibility index (Phi) is 9.70. The molecule has 2 aliphatic rings. The average molecular weight is 482 g/mol. The lowest BCUT2D eigenvalue weighted by Gasteiger charge is -2.33. The zero-order valence-electron chi connectivity index (χ0n) is 20.4. The number of amides is 2. The summed E-state index contributed by atoms with van der Waals surface area (Å²) >= 11 is 6.21. The Morgan fingerprint density at radius 2 is 1.68 bits per heavy atom. The van der Waals surface area contributed by atoms with Crippen LogP contribution in [0.4, 0.5) is 4.79 Å². The number of hydrogen-bond acceptors (Lipinski definition) is 2. The molecule has 0 spiro atoms. The molecule has 2 aromatic carbocycles. The van der Waals surface area contributed by atoms with Crippen molar-refractivity contribution in [2.45, 2.75) is 70.4 Å². The molecule has 1 N–H and O–H groups in total. The van der Waals surface area contributed by atoms with E-state index in [0.29, 0.717) is 12.6 Å². The minimum absolute atomic E-state index is 0.0773. The topological polar surface area (TPSA) is 35.6 Å². The first-order valence-corrected chi connectivity index (χ1v) is 13.6. The third-order valence-electron chi connectivity index (χ3n) is 7.46. The second-order valence-corrected chi connectivity index (χ2v) is 10.6. The number of benzene rings is 2. The van der Waals surface area contributed by atoms with Crippen LogP contribution in [-0.4, -0.2) is 48.1 Å². The highest BCUT2D eigenvalue weighted by atomic mass is 35.5. The molecule has 184 valence electrons. The van der Waals surface area contributed by atoms with Gasteiger partial charge in [0.1, 0.15) is 0 Å². The number of carbonyl (C=O) groups excluding carboxylic acids is 1. The first-order chi connectivity index (χ1) is 16.7. The first kappa shape index (κ1) is 25.1. The van der Waals surface area contributed by atoms with E-state index in [1.54, 1.807) is 0 Å². The molecular formula is C29H40ClN3O. The second-order valence-electron chi connectivity index (χ2n) is 10.2. The predicted octanol–water partition coefficient (Wildman–Crippen LogP) is 6.53. The Balaban J connectivity index is 1.25. The summed E-state index contributed by atoms with van der Waals surface area (Å²) in [7, 11) is 0. The maximum absolute atomic E-state index is 13.2. The summed E-state index contributed by atoms with van der Waals surface area (Å²) in [5, 5.41) is 4.04. The quantitative estimate of drug-likeness (QED) is 0.442. The summed E-state index contributed by atoms with van der Waals surface area (Å²) < 4.78 is 0. The van der Waals surface area contributed by atoms with Crippen LogP contribution in [0.25, 0.3) is 0 Å². The van der Waals surface area contributed by atoms with E-state index in [4.69, 9.17) is 11.6 Å². The number of halogens is 1. The molecular weight excluding hydrogens is 442 g/mol. The number of rotatable bonds is 9. The zero-order valence-corrected chi connectivity index (χ0v) is 21.2. The standard InChI is InChI=1S/C29H40ClN3O/c30-27-12-7-11-26(22-27)23-33(29(34)31-28-13-5-2-6-14-28)18-8-17-32-19-15-25(16-20-32)21-24-9-3-1-4-10-24/h1,3-4,7,9-12,22,25,28H,2,5-6,8,13-21,23H2,(H,31,34). The maximum Gasteiger partial charge on any atom is 0.317 e. The summed E-state index contributed by atoms with van der Waals surface area (Å²) in [6.45, 7) is 4.77. The molecule has 34 heavy (non-hydrogen) atoms. The minimum atomic E-state index is 0.0773. The van der Waals surface area contributed by atoms with Crippen LogP contribution in [0, 0.1) is 5.92 Å². The molecule has 0 bridgehead atoms. The Labute approximate surface area is 210 Å². The van der Waals surface area contributed by atoms with Gasteiger partial charge in [-0.15, -0.1) is 0 Å². The van der Waals surface area contributed by atoms with Crippen molar-refractivity contribution in [2.24, 2.45) is 5.92 Å². The predicted molar refractivity (Wildman–Crippen MR) is 141 cm³/mol. The Hall–Kier alpha value is -2.04. The van der Waals surface area contributed by atoms with Crippen molar-refractivity contribution in [1.82, 2.24) is 15.1 Å². The molecule has 4 rings (SSSR count). The third kappa shape index (κ3) is 8.02. The van der Waals surface area contributed by atoms with Crippen molar-refractivity contribution in [3.8, 4) is 0 Å². The molecule has 0 aromatic heterocycles. The van der Waals surface area contributed by atoms with E-state index >= 15 is 0 Å². The number of piperidine rings is 1. The van der Waals surface area contributed by atoms with Gasteiger partial charge >= 0.3 is 6.03 Å². The van der Waals surface area contributed by atoms with Crippen molar-refractivity contribution in [2.75, 3.05) is 26.2 Å². The van der Waals surface area contributed by atoms with Gasteiger partial charge in [0.15, 0.2) is 0 Å². The highest BCUT2D eigenvalue weighted by Gasteiger charge is 2.22. The van der Waals surface area contributed by atoms with Crippen LogP contribution in [0.5, 0.6) is 0 Å². The molecule has 1 aliphatic heterocycles. The van der Waals surface area contributed by atoms with Gasteiger partial charge in [-0.05, 0) is 87.3 Å². The van der Waals surface area contributed by atoms with Gasteiger partial charge in [-0.25, -0.2) is 4.79 Å². The largest absolute Gasteiger partial charge is 0.335 e. The number of urea groups is 1. The second kappa shape index (κ2) is 13.2. The van der Waals surface area contributed by atoms with Crippen LogP contribution in [0.3, 0.4) is 0 Å². The molecule has 0 unspecified atom stereocenters. The molecule has 1 saturated heterocycles. The van der Waals surface area contributed by atoms with Crippen LogP contribution in [0.15, 0.2) is 54.6 Å². The van der Waals surface area contributed by atoms with E-state index in [0.717, 1.165) is 48.9 Å². The zero-order chi connectivity index (χ0) is 23.6. The molecule has 5 heteroatoms. The number of nitrogens with one attached hydrogen (secondary N) is 1. The lowest BCUT2D eigenvalue weighted by molar-refractivity contribution is 0.164. The normalized spacial score (nSPS) is 18.0. The highest BCUT2D eigenvalue weighted by molar-refractivity contribution is 6.30. The molecule has 0 radical (unpaired) electrons. The average Bonchev–Trinajstić information content (AvgIpc) is 2.86. The van der Waals surface area contributed by atoms with Gasteiger partial charge < -0.3 is 15.1 Å². The van der Waals surface area contributed by atoms with Gasteiger partial charge in [0.2, 0.25) is 0 Å². The fraction of sp³-hybridized carbons (Fsp3) is 0.552. The van der Waals surface area contributed by atoms with Crippen molar-refractivity contribution < 1.29 is 4.79 Å². The van der Waals surface area contributed by atoms with Gasteiger partial charge in [-0.3, -0.25) is 0 Å². The first-order valence-electron chi connectivity index (χ1n) is 13.2. The van der Waals surface area contributed by atoms with Gasteiger partial charge in [-0.2, -0.15) is 0 Å². The molecule has 1 aliphatic carbocycles. The summed E-state index contributed by atoms with van der Waals surface area (Å²) in [5.41, 5.74) is 2.55. The molecule has 4 nitrogen and oxygen atoms in total. The fourth-order valence-corrected chi connectivity index (χ4v) is 5.68. The van der Waals surface area contributed by atoms with E-state index in [1.807, 2.05) is 23.1 Å². The van der Waals surface area contributed by atoms with E-state index in [1.165, 1.54) is 57.2 Å². The van der Waals surface area contributed by atoms with Gasteiger partial charge in [0.25, 0.3) is 0 Å². The van der Waals surface area contributed by atoms with E-state index in [9.17, 15) is 4.79 Å². The number of nitrogens with zero attached hydrogens (tertiary/aromatic N) is 2. The fourth-order valence-electron chi connectivity index (χ4n) is 5.47. The van der Waals surface area contributed by atoms with Crippen molar-refractivity contribution in [1.29, 1.82) is 0 Å². The molecule has 0 atom stereocenters. The Bertz CT molecular complexity index is 876. The van der Waals surface area contributed by atoms with Crippen LogP contribution >= 0.6 is 11.6 Å². The molecule has 2 amide bonds. The monoisotopic (exact) mass is 481 g/mol. The highest BCUT2D eigenvalue weighted by Crippen LogP contribution is 2.22. The number of hydrogen-bond donors (Lipinski definition) is 1. The van der Waals surface area contributed by atoms with Gasteiger partial charge in [-0.1, -0.05) is 73.3 Å². The van der Waals surface area contributed by atoms with E-state index < -0.39 is 0 Å². The van der Waals surface area contributed by atoms with Gasteiger partial charge in [0, 0.05) is 24.2 Å². The molecule has 2 aromatic rings. The smallest absolute Gasteiger partial charge is 0.317 e. The minimum Gasteiger partial charge on any atom is -0.335 e. The van der Waals surface area contributed by atoms with E-state index in [2.05, 4.69) is 46.6 Å². The summed E-state index contributed by atoms with van der Waals surface area (Å²) in [6, 6.07) is 19.2. The van der Waals surface area contributed by atoms with Crippen LogP contribution in [0.2, 0.25) is 5.02 Å². The van der Waals surface area contributed by atoms with Crippen LogP contribution < -0.4 is 5.32 Å². The summed E-state index contributed by atoms with van der Waals surface area (Å²) in [5.74, 6) is 0.791.